The molecule has 1 amide bonds. The van der Waals surface area contributed by atoms with E-state index in [0.717, 1.165) is 37.2 Å². The van der Waals surface area contributed by atoms with Crippen molar-refractivity contribution in [3.63, 3.8) is 0 Å². The highest BCUT2D eigenvalue weighted by Gasteiger charge is 2.28. The summed E-state index contributed by atoms with van der Waals surface area (Å²) in [5.41, 5.74) is 2.35. The van der Waals surface area contributed by atoms with E-state index in [4.69, 9.17) is 0 Å². The molecule has 0 saturated carbocycles. The van der Waals surface area contributed by atoms with Crippen LogP contribution in [0.5, 0.6) is 0 Å². The van der Waals surface area contributed by atoms with E-state index < -0.39 is 10.0 Å². The number of anilines is 1. The summed E-state index contributed by atoms with van der Waals surface area (Å²) in [5.74, 6) is 1.43. The highest BCUT2D eigenvalue weighted by atomic mass is 32.2. The minimum atomic E-state index is -3.25. The molecular weight excluding hydrogens is 336 g/mol. The van der Waals surface area contributed by atoms with Gasteiger partial charge >= 0.3 is 0 Å². The first-order valence-electron chi connectivity index (χ1n) is 9.17. The molecule has 2 aliphatic rings. The Hall–Kier alpha value is -1.56. The van der Waals surface area contributed by atoms with Crippen molar-refractivity contribution in [2.45, 2.75) is 39.5 Å². The van der Waals surface area contributed by atoms with Crippen LogP contribution in [0.25, 0.3) is 0 Å². The summed E-state index contributed by atoms with van der Waals surface area (Å²) in [5, 5.41) is 0. The van der Waals surface area contributed by atoms with E-state index in [-0.39, 0.29) is 5.91 Å². The summed E-state index contributed by atoms with van der Waals surface area (Å²) in [6.45, 7) is 6.61. The Labute approximate surface area is 151 Å². The number of rotatable bonds is 3. The van der Waals surface area contributed by atoms with Crippen molar-refractivity contribution in [1.82, 2.24) is 4.90 Å². The molecule has 0 bridgehead atoms. The van der Waals surface area contributed by atoms with Gasteiger partial charge in [0, 0.05) is 25.2 Å². The molecule has 1 unspecified atom stereocenters. The lowest BCUT2D eigenvalue weighted by Crippen LogP contribution is -2.32. The van der Waals surface area contributed by atoms with Gasteiger partial charge in [0.25, 0.3) is 5.91 Å². The summed E-state index contributed by atoms with van der Waals surface area (Å²) < 4.78 is 25.1. The van der Waals surface area contributed by atoms with Crippen LogP contribution in [0.1, 0.15) is 49.0 Å². The monoisotopic (exact) mass is 364 g/mol. The van der Waals surface area contributed by atoms with Gasteiger partial charge in [-0.2, -0.15) is 0 Å². The molecule has 3 rings (SSSR count). The van der Waals surface area contributed by atoms with Crippen LogP contribution in [-0.4, -0.2) is 45.1 Å². The van der Waals surface area contributed by atoms with Crippen LogP contribution in [0.4, 0.5) is 5.69 Å². The molecule has 0 spiro atoms. The zero-order valence-electron chi connectivity index (χ0n) is 15.4. The molecule has 6 heteroatoms. The van der Waals surface area contributed by atoms with Gasteiger partial charge in [-0.1, -0.05) is 13.8 Å². The summed E-state index contributed by atoms with van der Waals surface area (Å²) in [6, 6.07) is 5.44. The fraction of sp³-hybridized carbons (Fsp3) is 0.632. The molecule has 0 radical (unpaired) electrons. The van der Waals surface area contributed by atoms with E-state index >= 15 is 0 Å². The molecule has 2 heterocycles. The van der Waals surface area contributed by atoms with Crippen LogP contribution in [0.2, 0.25) is 0 Å². The van der Waals surface area contributed by atoms with E-state index in [0.29, 0.717) is 30.4 Å². The lowest BCUT2D eigenvalue weighted by atomic mass is 9.89. The Morgan fingerprint density at radius 1 is 1.16 bits per heavy atom. The molecule has 1 fully saturated rings. The van der Waals surface area contributed by atoms with Gasteiger partial charge < -0.3 is 4.90 Å². The molecule has 2 aliphatic heterocycles. The summed E-state index contributed by atoms with van der Waals surface area (Å²) in [7, 11) is -3.25. The Morgan fingerprint density at radius 3 is 2.60 bits per heavy atom. The quantitative estimate of drug-likeness (QED) is 0.829. The van der Waals surface area contributed by atoms with E-state index in [1.54, 1.807) is 12.1 Å². The predicted molar refractivity (Wildman–Crippen MR) is 100 cm³/mol. The summed E-state index contributed by atoms with van der Waals surface area (Å²) in [4.78, 5) is 14.9. The number of likely N-dealkylation sites (tertiary alicyclic amines) is 1. The number of hydrogen-bond donors (Lipinski definition) is 0. The number of fused-ring (bicyclic) bond motifs is 1. The molecule has 0 aliphatic carbocycles. The van der Waals surface area contributed by atoms with Gasteiger partial charge in [0.05, 0.1) is 11.9 Å². The molecule has 0 N–H and O–H groups in total. The van der Waals surface area contributed by atoms with E-state index in [2.05, 4.69) is 13.8 Å². The van der Waals surface area contributed by atoms with E-state index in [1.807, 2.05) is 11.0 Å². The summed E-state index contributed by atoms with van der Waals surface area (Å²) in [6.07, 6.45) is 5.20. The highest BCUT2D eigenvalue weighted by molar-refractivity contribution is 7.92. The van der Waals surface area contributed by atoms with Crippen molar-refractivity contribution in [2.24, 2.45) is 11.8 Å². The van der Waals surface area contributed by atoms with Gasteiger partial charge in [0.2, 0.25) is 10.0 Å². The Kier molecular flexibility index (Phi) is 5.09. The molecule has 1 saturated heterocycles. The van der Waals surface area contributed by atoms with Gasteiger partial charge in [0.15, 0.2) is 0 Å². The number of amides is 1. The number of benzene rings is 1. The topological polar surface area (TPSA) is 57.7 Å². The van der Waals surface area contributed by atoms with Crippen LogP contribution >= 0.6 is 0 Å². The molecule has 1 aromatic rings. The van der Waals surface area contributed by atoms with Gasteiger partial charge in [-0.05, 0) is 61.3 Å². The average molecular weight is 365 g/mol. The Bertz CT molecular complexity index is 758. The van der Waals surface area contributed by atoms with Crippen molar-refractivity contribution in [3.8, 4) is 0 Å². The third kappa shape index (κ3) is 3.84. The molecule has 1 aromatic carbocycles. The predicted octanol–water partition coefficient (Wildman–Crippen LogP) is 2.91. The van der Waals surface area contributed by atoms with Crippen LogP contribution in [-0.2, 0) is 16.4 Å². The smallest absolute Gasteiger partial charge is 0.253 e. The Morgan fingerprint density at radius 2 is 1.92 bits per heavy atom. The first-order chi connectivity index (χ1) is 11.8. The molecule has 25 heavy (non-hydrogen) atoms. The zero-order chi connectivity index (χ0) is 18.2. The number of sulfonamides is 1. The number of nitrogens with zero attached hydrogens (tertiary/aromatic N) is 2. The average Bonchev–Trinajstić information content (AvgIpc) is 2.82. The second-order valence-corrected chi connectivity index (χ2v) is 9.56. The molecule has 1 atom stereocenters. The van der Waals surface area contributed by atoms with Crippen molar-refractivity contribution < 1.29 is 13.2 Å². The molecule has 138 valence electrons. The maximum atomic E-state index is 12.9. The van der Waals surface area contributed by atoms with Crippen LogP contribution in [0, 0.1) is 11.8 Å². The second-order valence-electron chi connectivity index (χ2n) is 7.66. The lowest BCUT2D eigenvalue weighted by molar-refractivity contribution is 0.0758. The minimum Gasteiger partial charge on any atom is -0.339 e. The van der Waals surface area contributed by atoms with Crippen LogP contribution < -0.4 is 4.31 Å². The summed E-state index contributed by atoms with van der Waals surface area (Å²) >= 11 is 0. The maximum absolute atomic E-state index is 12.9. The van der Waals surface area contributed by atoms with Crippen molar-refractivity contribution in [3.05, 3.63) is 29.3 Å². The zero-order valence-corrected chi connectivity index (χ0v) is 16.2. The van der Waals surface area contributed by atoms with Crippen LogP contribution in [0.3, 0.4) is 0 Å². The van der Waals surface area contributed by atoms with Gasteiger partial charge in [-0.25, -0.2) is 8.42 Å². The number of carbonyl (C=O) groups excluding carboxylic acids is 1. The normalized spacial score (nSPS) is 21.4. The third-order valence-electron chi connectivity index (χ3n) is 5.58. The van der Waals surface area contributed by atoms with Crippen molar-refractivity contribution >= 4 is 21.6 Å². The van der Waals surface area contributed by atoms with Crippen molar-refractivity contribution in [2.75, 3.05) is 30.2 Å². The number of hydrogen-bond acceptors (Lipinski definition) is 3. The second kappa shape index (κ2) is 6.98. The van der Waals surface area contributed by atoms with E-state index in [9.17, 15) is 13.2 Å². The third-order valence-corrected chi connectivity index (χ3v) is 6.76. The van der Waals surface area contributed by atoms with Gasteiger partial charge in [-0.15, -0.1) is 0 Å². The van der Waals surface area contributed by atoms with Gasteiger partial charge in [-0.3, -0.25) is 9.10 Å². The SMILES string of the molecule is CC(C)C1CCCN(C(=O)c2ccc3c(c2)CCN3S(C)(=O)=O)CC1. The lowest BCUT2D eigenvalue weighted by Gasteiger charge is -2.22. The highest BCUT2D eigenvalue weighted by Crippen LogP contribution is 2.31. The number of carbonyl (C=O) groups is 1. The van der Waals surface area contributed by atoms with Crippen LogP contribution in [0.15, 0.2) is 18.2 Å². The Balaban J connectivity index is 1.76. The fourth-order valence-electron chi connectivity index (χ4n) is 4.02. The molecule has 5 nitrogen and oxygen atoms in total. The maximum Gasteiger partial charge on any atom is 0.253 e. The van der Waals surface area contributed by atoms with E-state index in [1.165, 1.54) is 17.0 Å². The molecular formula is C19H28N2O3S. The first-order valence-corrected chi connectivity index (χ1v) is 11.0. The first kappa shape index (κ1) is 18.2. The fourth-order valence-corrected chi connectivity index (χ4v) is 4.98. The molecule has 0 aromatic heterocycles. The largest absolute Gasteiger partial charge is 0.339 e. The minimum absolute atomic E-state index is 0.0741. The standard InChI is InChI=1S/C19H28N2O3S/c1-14(2)15-5-4-10-20(11-8-15)19(22)17-6-7-18-16(13-17)9-12-21(18)25(3,23)24/h6-7,13-15H,4-5,8-12H2,1-3H3. The van der Waals surface area contributed by atoms with Gasteiger partial charge in [0.1, 0.15) is 0 Å². The van der Waals surface area contributed by atoms with Crippen molar-refractivity contribution in [1.29, 1.82) is 0 Å².